The summed E-state index contributed by atoms with van der Waals surface area (Å²) in [6, 6.07) is 7.57. The van der Waals surface area contributed by atoms with Crippen molar-refractivity contribution in [1.82, 2.24) is 5.32 Å². The minimum absolute atomic E-state index is 0. The molecule has 1 heterocycles. The molecule has 0 aromatic heterocycles. The lowest BCUT2D eigenvalue weighted by Gasteiger charge is -2.23. The van der Waals surface area contributed by atoms with E-state index < -0.39 is 0 Å². The fourth-order valence-corrected chi connectivity index (χ4v) is 3.35. The Morgan fingerprint density at radius 2 is 2.04 bits per heavy atom. The molecule has 2 N–H and O–H groups in total. The van der Waals surface area contributed by atoms with Gasteiger partial charge in [0.1, 0.15) is 12.4 Å². The van der Waals surface area contributed by atoms with E-state index in [0.29, 0.717) is 19.0 Å². The summed E-state index contributed by atoms with van der Waals surface area (Å²) < 4.78 is 10.7. The molecule has 1 spiro atoms. The van der Waals surface area contributed by atoms with Gasteiger partial charge < -0.3 is 20.1 Å². The van der Waals surface area contributed by atoms with E-state index in [9.17, 15) is 4.79 Å². The second-order valence-corrected chi connectivity index (χ2v) is 6.20. The Labute approximate surface area is 143 Å². The predicted molar refractivity (Wildman–Crippen MR) is 92.3 cm³/mol. The average Bonchev–Trinajstić information content (AvgIpc) is 3.23. The van der Waals surface area contributed by atoms with Crippen molar-refractivity contribution in [3.63, 3.8) is 0 Å². The topological polar surface area (TPSA) is 59.6 Å². The number of nitrogens with one attached hydrogen (secondary N) is 2. The van der Waals surface area contributed by atoms with Gasteiger partial charge in [-0.2, -0.15) is 0 Å². The van der Waals surface area contributed by atoms with E-state index in [1.54, 1.807) is 7.11 Å². The summed E-state index contributed by atoms with van der Waals surface area (Å²) >= 11 is 0. The van der Waals surface area contributed by atoms with Gasteiger partial charge in [0.05, 0.1) is 12.3 Å². The second-order valence-electron chi connectivity index (χ2n) is 6.20. The lowest BCUT2D eigenvalue weighted by Crippen LogP contribution is -2.31. The van der Waals surface area contributed by atoms with Crippen LogP contribution in [0.5, 0.6) is 5.75 Å². The molecule has 1 unspecified atom stereocenters. The first-order valence-corrected chi connectivity index (χ1v) is 7.97. The molecule has 2 fully saturated rings. The second kappa shape index (κ2) is 7.99. The maximum absolute atomic E-state index is 12.5. The Balaban J connectivity index is 0.00000192. The number of halogens is 1. The largest absolute Gasteiger partial charge is 0.489 e. The molecule has 1 aromatic rings. The SMILES string of the molecule is COCCOc1ccccc1NC(=O)C1CC12CCNCC2.Cl. The highest BCUT2D eigenvalue weighted by molar-refractivity contribution is 5.96. The van der Waals surface area contributed by atoms with Crippen LogP contribution in [0, 0.1) is 11.3 Å². The zero-order chi connectivity index (χ0) is 15.4. The van der Waals surface area contributed by atoms with Crippen LogP contribution < -0.4 is 15.4 Å². The van der Waals surface area contributed by atoms with Gasteiger partial charge in [-0.1, -0.05) is 12.1 Å². The molecule has 1 aliphatic carbocycles. The van der Waals surface area contributed by atoms with E-state index in [2.05, 4.69) is 10.6 Å². The zero-order valence-corrected chi connectivity index (χ0v) is 14.3. The summed E-state index contributed by atoms with van der Waals surface area (Å²) in [4.78, 5) is 12.5. The van der Waals surface area contributed by atoms with Crippen molar-refractivity contribution in [2.24, 2.45) is 11.3 Å². The smallest absolute Gasteiger partial charge is 0.228 e. The maximum atomic E-state index is 12.5. The van der Waals surface area contributed by atoms with Crippen LogP contribution in [0.4, 0.5) is 5.69 Å². The van der Waals surface area contributed by atoms with Crippen LogP contribution in [0.2, 0.25) is 0 Å². The lowest BCUT2D eigenvalue weighted by atomic mass is 9.92. The number of ether oxygens (including phenoxy) is 2. The Bertz CT molecular complexity index is 532. The molecule has 1 amide bonds. The maximum Gasteiger partial charge on any atom is 0.228 e. The van der Waals surface area contributed by atoms with E-state index in [-0.39, 0.29) is 29.6 Å². The van der Waals surface area contributed by atoms with Gasteiger partial charge in [0.2, 0.25) is 5.91 Å². The van der Waals surface area contributed by atoms with E-state index in [1.165, 1.54) is 0 Å². The fourth-order valence-electron chi connectivity index (χ4n) is 3.35. The summed E-state index contributed by atoms with van der Waals surface area (Å²) in [7, 11) is 1.64. The average molecular weight is 341 g/mol. The molecular formula is C17H25ClN2O3. The van der Waals surface area contributed by atoms with Crippen LogP contribution >= 0.6 is 12.4 Å². The molecule has 0 radical (unpaired) electrons. The first-order chi connectivity index (χ1) is 10.7. The normalized spacial score (nSPS) is 21.3. The third kappa shape index (κ3) is 4.16. The minimum atomic E-state index is 0. The highest BCUT2D eigenvalue weighted by Gasteiger charge is 2.57. The van der Waals surface area contributed by atoms with Gasteiger partial charge in [-0.3, -0.25) is 4.79 Å². The summed E-state index contributed by atoms with van der Waals surface area (Å²) in [6.07, 6.45) is 3.24. The van der Waals surface area contributed by atoms with Crippen LogP contribution in [0.25, 0.3) is 0 Å². The third-order valence-electron chi connectivity index (χ3n) is 4.80. The van der Waals surface area contributed by atoms with Crippen molar-refractivity contribution in [3.05, 3.63) is 24.3 Å². The number of anilines is 1. The van der Waals surface area contributed by atoms with E-state index >= 15 is 0 Å². The molecule has 23 heavy (non-hydrogen) atoms. The van der Waals surface area contributed by atoms with Gasteiger partial charge in [-0.15, -0.1) is 12.4 Å². The number of carbonyl (C=O) groups excluding carboxylic acids is 1. The molecule has 6 heteroatoms. The zero-order valence-electron chi connectivity index (χ0n) is 13.5. The number of rotatable bonds is 6. The molecule has 1 saturated heterocycles. The van der Waals surface area contributed by atoms with Crippen molar-refractivity contribution in [3.8, 4) is 5.75 Å². The van der Waals surface area contributed by atoms with Crippen molar-refractivity contribution >= 4 is 24.0 Å². The number of amides is 1. The van der Waals surface area contributed by atoms with Crippen molar-refractivity contribution < 1.29 is 14.3 Å². The van der Waals surface area contributed by atoms with Crippen LogP contribution in [-0.2, 0) is 9.53 Å². The first kappa shape index (κ1) is 18.0. The Morgan fingerprint density at radius 1 is 1.30 bits per heavy atom. The molecular weight excluding hydrogens is 316 g/mol. The summed E-state index contributed by atoms with van der Waals surface area (Å²) in [5.74, 6) is 0.985. The minimum Gasteiger partial charge on any atom is -0.489 e. The molecule has 2 aliphatic rings. The van der Waals surface area contributed by atoms with Gasteiger partial charge in [-0.25, -0.2) is 0 Å². The van der Waals surface area contributed by atoms with Gasteiger partial charge in [-0.05, 0) is 49.9 Å². The number of hydrogen-bond acceptors (Lipinski definition) is 4. The molecule has 5 nitrogen and oxygen atoms in total. The van der Waals surface area contributed by atoms with Crippen LogP contribution in [0.1, 0.15) is 19.3 Å². The Hall–Kier alpha value is -1.30. The van der Waals surface area contributed by atoms with Crippen molar-refractivity contribution in [1.29, 1.82) is 0 Å². The first-order valence-electron chi connectivity index (χ1n) is 7.97. The molecule has 3 rings (SSSR count). The molecule has 0 bridgehead atoms. The number of hydrogen-bond donors (Lipinski definition) is 2. The quantitative estimate of drug-likeness (QED) is 0.781. The molecule has 1 aliphatic heterocycles. The summed E-state index contributed by atoms with van der Waals surface area (Å²) in [5.41, 5.74) is 1.00. The van der Waals surface area contributed by atoms with Gasteiger partial charge in [0.25, 0.3) is 0 Å². The summed E-state index contributed by atoms with van der Waals surface area (Å²) in [5, 5.41) is 6.41. The monoisotopic (exact) mass is 340 g/mol. The van der Waals surface area contributed by atoms with Crippen molar-refractivity contribution in [2.45, 2.75) is 19.3 Å². The molecule has 1 aromatic carbocycles. The lowest BCUT2D eigenvalue weighted by molar-refractivity contribution is -0.118. The van der Waals surface area contributed by atoms with Crippen LogP contribution in [0.15, 0.2) is 24.3 Å². The predicted octanol–water partition coefficient (Wildman–Crippen LogP) is 2.46. The molecule has 1 atom stereocenters. The summed E-state index contributed by atoms with van der Waals surface area (Å²) in [6.45, 7) is 3.06. The standard InChI is InChI=1S/C17H24N2O3.ClH/c1-21-10-11-22-15-5-3-2-4-14(15)19-16(20)13-12-17(13)6-8-18-9-7-17;/h2-5,13,18H,6-12H2,1H3,(H,19,20);1H. The van der Waals surface area contributed by atoms with Crippen LogP contribution in [-0.4, -0.2) is 39.3 Å². The number of piperidine rings is 1. The fraction of sp³-hybridized carbons (Fsp3) is 0.588. The van der Waals surface area contributed by atoms with Gasteiger partial charge in [0.15, 0.2) is 0 Å². The molecule has 128 valence electrons. The number of benzene rings is 1. The third-order valence-corrected chi connectivity index (χ3v) is 4.80. The van der Waals surface area contributed by atoms with E-state index in [1.807, 2.05) is 24.3 Å². The van der Waals surface area contributed by atoms with Crippen LogP contribution in [0.3, 0.4) is 0 Å². The van der Waals surface area contributed by atoms with Gasteiger partial charge >= 0.3 is 0 Å². The number of methoxy groups -OCH3 is 1. The van der Waals surface area contributed by atoms with E-state index in [0.717, 1.165) is 38.0 Å². The van der Waals surface area contributed by atoms with E-state index in [4.69, 9.17) is 9.47 Å². The molecule has 1 saturated carbocycles. The highest BCUT2D eigenvalue weighted by atomic mass is 35.5. The van der Waals surface area contributed by atoms with Crippen molar-refractivity contribution in [2.75, 3.05) is 38.7 Å². The number of para-hydroxylation sites is 2. The number of carbonyl (C=O) groups is 1. The Kier molecular flexibility index (Phi) is 6.27. The van der Waals surface area contributed by atoms with Gasteiger partial charge in [0, 0.05) is 13.0 Å². The Morgan fingerprint density at radius 3 is 2.78 bits per heavy atom. The highest BCUT2D eigenvalue weighted by Crippen LogP contribution is 2.58.